The maximum Gasteiger partial charge on any atom is 0.0575 e. The highest BCUT2D eigenvalue weighted by molar-refractivity contribution is 6.25. The van der Waals surface area contributed by atoms with Gasteiger partial charge in [-0.1, -0.05) is 31.0 Å². The van der Waals surface area contributed by atoms with Crippen LogP contribution in [0.2, 0.25) is 0 Å². The van der Waals surface area contributed by atoms with Gasteiger partial charge in [0.25, 0.3) is 0 Å². The summed E-state index contributed by atoms with van der Waals surface area (Å²) in [5, 5.41) is 0. The Morgan fingerprint density at radius 1 is 0.950 bits per heavy atom. The lowest BCUT2D eigenvalue weighted by atomic mass is 9.70. The Morgan fingerprint density at radius 2 is 1.55 bits per heavy atom. The Hall–Kier alpha value is -0.0100. The van der Waals surface area contributed by atoms with Crippen LogP contribution in [-0.2, 0) is 4.74 Å². The molecule has 2 aliphatic carbocycles. The summed E-state index contributed by atoms with van der Waals surface area (Å²) in [5.41, 5.74) is 1.71. The summed E-state index contributed by atoms with van der Waals surface area (Å²) in [7, 11) is 0. The molecule has 2 heteroatoms. The molecule has 0 aromatic carbocycles. The molecule has 0 aromatic rings. The highest BCUT2D eigenvalue weighted by Crippen LogP contribution is 2.40. The van der Waals surface area contributed by atoms with Crippen molar-refractivity contribution in [3.05, 3.63) is 11.6 Å². The van der Waals surface area contributed by atoms with Crippen LogP contribution in [-0.4, -0.2) is 12.7 Å². The van der Waals surface area contributed by atoms with E-state index in [2.05, 4.69) is 13.0 Å². The zero-order valence-electron chi connectivity index (χ0n) is 13.0. The number of halogens is 1. The third kappa shape index (κ3) is 5.07. The average Bonchev–Trinajstić information content (AvgIpc) is 2.49. The summed E-state index contributed by atoms with van der Waals surface area (Å²) in [4.78, 5) is 0. The monoisotopic (exact) mass is 298 g/mol. The van der Waals surface area contributed by atoms with Crippen molar-refractivity contribution < 1.29 is 4.74 Å². The van der Waals surface area contributed by atoms with Crippen LogP contribution in [0.15, 0.2) is 11.6 Å². The molecule has 20 heavy (non-hydrogen) atoms. The molecule has 2 rings (SSSR count). The SMILES string of the molecule is CCCCOC1CCC(C2CCC(C=CCl)CC2)CC1. The number of rotatable bonds is 6. The number of ether oxygens (including phenoxy) is 1. The Morgan fingerprint density at radius 3 is 2.10 bits per heavy atom. The quantitative estimate of drug-likeness (QED) is 0.553. The molecule has 2 aliphatic rings. The summed E-state index contributed by atoms with van der Waals surface area (Å²) in [6.45, 7) is 3.21. The van der Waals surface area contributed by atoms with Crippen LogP contribution >= 0.6 is 11.6 Å². The molecule has 0 amide bonds. The minimum Gasteiger partial charge on any atom is -0.378 e. The van der Waals surface area contributed by atoms with Crippen LogP contribution in [0.1, 0.15) is 71.1 Å². The Labute approximate surface area is 130 Å². The lowest BCUT2D eigenvalue weighted by Gasteiger charge is -2.37. The first-order chi connectivity index (χ1) is 9.83. The predicted molar refractivity (Wildman–Crippen MR) is 87.0 cm³/mol. The van der Waals surface area contributed by atoms with E-state index in [0.29, 0.717) is 6.10 Å². The van der Waals surface area contributed by atoms with Gasteiger partial charge < -0.3 is 4.74 Å². The molecule has 0 atom stereocenters. The van der Waals surface area contributed by atoms with Crippen molar-refractivity contribution in [1.29, 1.82) is 0 Å². The molecule has 0 aromatic heterocycles. The van der Waals surface area contributed by atoms with Crippen molar-refractivity contribution >= 4 is 11.6 Å². The molecule has 0 heterocycles. The van der Waals surface area contributed by atoms with Crippen LogP contribution in [0.25, 0.3) is 0 Å². The van der Waals surface area contributed by atoms with E-state index in [1.54, 1.807) is 5.54 Å². The first kappa shape index (κ1) is 16.4. The van der Waals surface area contributed by atoms with Crippen molar-refractivity contribution in [3.8, 4) is 0 Å². The maximum absolute atomic E-state index is 5.98. The van der Waals surface area contributed by atoms with E-state index in [9.17, 15) is 0 Å². The second-order valence-electron chi connectivity index (χ2n) is 6.75. The van der Waals surface area contributed by atoms with Gasteiger partial charge in [-0.15, -0.1) is 0 Å². The van der Waals surface area contributed by atoms with E-state index in [1.165, 1.54) is 64.2 Å². The van der Waals surface area contributed by atoms with Gasteiger partial charge in [-0.2, -0.15) is 0 Å². The second kappa shape index (κ2) is 9.10. The van der Waals surface area contributed by atoms with Gasteiger partial charge in [0.1, 0.15) is 0 Å². The van der Waals surface area contributed by atoms with E-state index in [4.69, 9.17) is 16.3 Å². The van der Waals surface area contributed by atoms with E-state index >= 15 is 0 Å². The third-order valence-corrected chi connectivity index (χ3v) is 5.54. The second-order valence-corrected chi connectivity index (χ2v) is 7.01. The minimum atomic E-state index is 0.563. The topological polar surface area (TPSA) is 9.23 Å². The predicted octanol–water partition coefficient (Wildman–Crippen LogP) is 5.92. The van der Waals surface area contributed by atoms with Gasteiger partial charge in [-0.25, -0.2) is 0 Å². The van der Waals surface area contributed by atoms with Gasteiger partial charge in [0.05, 0.1) is 6.10 Å². The molecule has 0 aliphatic heterocycles. The molecule has 1 nitrogen and oxygen atoms in total. The molecule has 2 saturated carbocycles. The first-order valence-electron chi connectivity index (χ1n) is 8.72. The third-order valence-electron chi connectivity index (χ3n) is 5.40. The molecular formula is C18H31ClO. The molecule has 2 fully saturated rings. The summed E-state index contributed by atoms with van der Waals surface area (Å²) < 4.78 is 5.98. The zero-order valence-corrected chi connectivity index (χ0v) is 13.8. The van der Waals surface area contributed by atoms with Crippen molar-refractivity contribution in [2.45, 2.75) is 77.2 Å². The number of hydrogen-bond donors (Lipinski definition) is 0. The Bertz CT molecular complexity index is 273. The van der Waals surface area contributed by atoms with Gasteiger partial charge in [0.2, 0.25) is 0 Å². The van der Waals surface area contributed by atoms with Crippen molar-refractivity contribution in [2.24, 2.45) is 17.8 Å². The fourth-order valence-corrected chi connectivity index (χ4v) is 4.24. The largest absolute Gasteiger partial charge is 0.378 e. The number of unbranched alkanes of at least 4 members (excludes halogenated alkanes) is 1. The molecule has 0 bridgehead atoms. The zero-order chi connectivity index (χ0) is 14.2. The first-order valence-corrected chi connectivity index (χ1v) is 9.15. The van der Waals surface area contributed by atoms with E-state index in [1.807, 2.05) is 0 Å². The van der Waals surface area contributed by atoms with Gasteiger partial charge in [0, 0.05) is 12.1 Å². The summed E-state index contributed by atoms with van der Waals surface area (Å²) in [6.07, 6.45) is 16.1. The summed E-state index contributed by atoms with van der Waals surface area (Å²) in [5.74, 6) is 2.70. The highest BCUT2D eigenvalue weighted by atomic mass is 35.5. The minimum absolute atomic E-state index is 0.563. The molecular weight excluding hydrogens is 268 g/mol. The summed E-state index contributed by atoms with van der Waals surface area (Å²) >= 11 is 5.69. The summed E-state index contributed by atoms with van der Waals surface area (Å²) in [6, 6.07) is 0. The normalized spacial score (nSPS) is 35.5. The van der Waals surface area contributed by atoms with Gasteiger partial charge in [-0.3, -0.25) is 0 Å². The van der Waals surface area contributed by atoms with Gasteiger partial charge in [0.15, 0.2) is 0 Å². The molecule has 0 N–H and O–H groups in total. The standard InChI is InChI=1S/C18H31ClO/c1-2-3-14-20-18-10-8-17(9-11-18)16-6-4-15(5-7-16)12-13-19/h12-13,15-18H,2-11,14H2,1H3. The fraction of sp³-hybridized carbons (Fsp3) is 0.889. The smallest absolute Gasteiger partial charge is 0.0575 e. The molecule has 0 radical (unpaired) electrons. The van der Waals surface area contributed by atoms with Crippen LogP contribution in [0.3, 0.4) is 0 Å². The van der Waals surface area contributed by atoms with Crippen LogP contribution < -0.4 is 0 Å². The fourth-order valence-electron chi connectivity index (χ4n) is 4.03. The van der Waals surface area contributed by atoms with Crippen molar-refractivity contribution in [3.63, 3.8) is 0 Å². The average molecular weight is 299 g/mol. The van der Waals surface area contributed by atoms with Gasteiger partial charge >= 0.3 is 0 Å². The van der Waals surface area contributed by atoms with Crippen molar-refractivity contribution in [1.82, 2.24) is 0 Å². The van der Waals surface area contributed by atoms with E-state index in [-0.39, 0.29) is 0 Å². The van der Waals surface area contributed by atoms with E-state index < -0.39 is 0 Å². The van der Waals surface area contributed by atoms with Crippen molar-refractivity contribution in [2.75, 3.05) is 6.61 Å². The van der Waals surface area contributed by atoms with E-state index in [0.717, 1.165) is 24.4 Å². The lowest BCUT2D eigenvalue weighted by Crippen LogP contribution is -2.28. The Balaban J connectivity index is 1.64. The maximum atomic E-state index is 5.98. The molecule has 0 spiro atoms. The van der Waals surface area contributed by atoms with Gasteiger partial charge in [-0.05, 0) is 75.5 Å². The van der Waals surface area contributed by atoms with Crippen LogP contribution in [0.5, 0.6) is 0 Å². The van der Waals surface area contributed by atoms with Crippen LogP contribution in [0.4, 0.5) is 0 Å². The Kier molecular flexibility index (Phi) is 7.44. The molecule has 0 saturated heterocycles. The molecule has 0 unspecified atom stereocenters. The lowest BCUT2D eigenvalue weighted by molar-refractivity contribution is 0.00645. The number of hydrogen-bond acceptors (Lipinski definition) is 1. The van der Waals surface area contributed by atoms with Crippen LogP contribution in [0, 0.1) is 17.8 Å². The molecule has 116 valence electrons. The number of allylic oxidation sites excluding steroid dienone is 1. The highest BCUT2D eigenvalue weighted by Gasteiger charge is 2.30.